The highest BCUT2D eigenvalue weighted by atomic mass is 32.2. The SMILES string of the molecule is CCOC(=O)CSc1nnc(CC(O)c2nnc(SCC(=O)OCC)n2N)n1N. The quantitative estimate of drug-likeness (QED) is 0.214. The Morgan fingerprint density at radius 3 is 2.03 bits per heavy atom. The van der Waals surface area contributed by atoms with Crippen molar-refractivity contribution >= 4 is 35.5 Å². The first kappa shape index (κ1) is 22.8. The van der Waals surface area contributed by atoms with Crippen molar-refractivity contribution < 1.29 is 24.2 Å². The number of ether oxygens (including phenoxy) is 2. The summed E-state index contributed by atoms with van der Waals surface area (Å²) in [7, 11) is 0. The predicted octanol–water partition coefficient (Wildman–Crippen LogP) is -1.12. The van der Waals surface area contributed by atoms with Gasteiger partial charge in [-0.2, -0.15) is 0 Å². The number of nitrogen functional groups attached to an aromatic ring is 2. The van der Waals surface area contributed by atoms with Crippen molar-refractivity contribution in [3.63, 3.8) is 0 Å². The van der Waals surface area contributed by atoms with Crippen molar-refractivity contribution in [2.75, 3.05) is 36.4 Å². The molecule has 1 atom stereocenters. The first-order chi connectivity index (χ1) is 13.9. The number of aromatic nitrogens is 6. The van der Waals surface area contributed by atoms with Crippen molar-refractivity contribution in [2.45, 2.75) is 36.7 Å². The maximum atomic E-state index is 11.4. The molecule has 2 rings (SSSR count). The van der Waals surface area contributed by atoms with Crippen LogP contribution in [0.1, 0.15) is 31.6 Å². The Bertz CT molecular complexity index is 842. The lowest BCUT2D eigenvalue weighted by Gasteiger charge is -2.10. The smallest absolute Gasteiger partial charge is 0.316 e. The van der Waals surface area contributed by atoms with E-state index in [-0.39, 0.29) is 47.9 Å². The summed E-state index contributed by atoms with van der Waals surface area (Å²) in [6, 6.07) is 0. The van der Waals surface area contributed by atoms with Crippen molar-refractivity contribution in [3.05, 3.63) is 11.6 Å². The molecule has 0 saturated heterocycles. The highest BCUT2D eigenvalue weighted by Gasteiger charge is 2.23. The Hall–Kier alpha value is -2.52. The number of hydrogen-bond acceptors (Lipinski definition) is 13. The van der Waals surface area contributed by atoms with E-state index in [4.69, 9.17) is 21.2 Å². The van der Waals surface area contributed by atoms with E-state index in [1.54, 1.807) is 13.8 Å². The summed E-state index contributed by atoms with van der Waals surface area (Å²) in [5.41, 5.74) is 0. The molecule has 2 aromatic heterocycles. The van der Waals surface area contributed by atoms with E-state index in [0.717, 1.165) is 28.2 Å². The number of carbonyl (C=O) groups excluding carboxylic acids is 2. The van der Waals surface area contributed by atoms with Gasteiger partial charge in [0.25, 0.3) is 0 Å². The lowest BCUT2D eigenvalue weighted by atomic mass is 10.2. The molecule has 0 aromatic carbocycles. The number of nitrogens with zero attached hydrogens (tertiary/aromatic N) is 6. The monoisotopic (exact) mass is 446 g/mol. The van der Waals surface area contributed by atoms with Gasteiger partial charge in [0, 0.05) is 6.42 Å². The van der Waals surface area contributed by atoms with Crippen LogP contribution in [-0.2, 0) is 25.5 Å². The van der Waals surface area contributed by atoms with Crippen LogP contribution in [0.2, 0.25) is 0 Å². The van der Waals surface area contributed by atoms with E-state index in [0.29, 0.717) is 5.16 Å². The van der Waals surface area contributed by atoms with E-state index in [9.17, 15) is 14.7 Å². The second-order valence-electron chi connectivity index (χ2n) is 5.39. The zero-order valence-corrected chi connectivity index (χ0v) is 17.5. The van der Waals surface area contributed by atoms with Crippen LogP contribution < -0.4 is 11.7 Å². The second kappa shape index (κ2) is 10.9. The van der Waals surface area contributed by atoms with Gasteiger partial charge < -0.3 is 26.3 Å². The zero-order valence-electron chi connectivity index (χ0n) is 15.8. The Kier molecular flexibility index (Phi) is 8.53. The molecule has 2 heterocycles. The van der Waals surface area contributed by atoms with Gasteiger partial charge in [0.2, 0.25) is 10.3 Å². The average molecular weight is 447 g/mol. The van der Waals surface area contributed by atoms with E-state index >= 15 is 0 Å². The van der Waals surface area contributed by atoms with Gasteiger partial charge in [-0.1, -0.05) is 23.5 Å². The molecule has 2 aromatic rings. The fourth-order valence-electron chi connectivity index (χ4n) is 2.08. The molecule has 13 nitrogen and oxygen atoms in total. The van der Waals surface area contributed by atoms with E-state index < -0.39 is 18.0 Å². The van der Waals surface area contributed by atoms with Crippen LogP contribution in [0.3, 0.4) is 0 Å². The van der Waals surface area contributed by atoms with Gasteiger partial charge in [0.1, 0.15) is 6.10 Å². The van der Waals surface area contributed by atoms with Crippen molar-refractivity contribution in [3.8, 4) is 0 Å². The van der Waals surface area contributed by atoms with Crippen LogP contribution in [-0.4, -0.2) is 71.5 Å². The number of thioether (sulfide) groups is 2. The Morgan fingerprint density at radius 1 is 0.966 bits per heavy atom. The Labute approximate surface area is 174 Å². The van der Waals surface area contributed by atoms with Crippen molar-refractivity contribution in [2.24, 2.45) is 0 Å². The normalized spacial score (nSPS) is 12.0. The molecule has 160 valence electrons. The third-order valence-electron chi connectivity index (χ3n) is 3.35. The molecule has 0 saturated carbocycles. The Morgan fingerprint density at radius 2 is 1.48 bits per heavy atom. The highest BCUT2D eigenvalue weighted by molar-refractivity contribution is 8.00. The second-order valence-corrected chi connectivity index (χ2v) is 7.27. The molecule has 0 bridgehead atoms. The van der Waals surface area contributed by atoms with Crippen LogP contribution in [0, 0.1) is 0 Å². The summed E-state index contributed by atoms with van der Waals surface area (Å²) in [6.07, 6.45) is -1.21. The average Bonchev–Trinajstić information content (AvgIpc) is 3.22. The molecule has 0 aliphatic carbocycles. The van der Waals surface area contributed by atoms with Crippen LogP contribution >= 0.6 is 23.5 Å². The van der Waals surface area contributed by atoms with Gasteiger partial charge in [-0.05, 0) is 13.8 Å². The van der Waals surface area contributed by atoms with Crippen LogP contribution in [0.5, 0.6) is 0 Å². The molecule has 0 aliphatic heterocycles. The minimum Gasteiger partial charge on any atom is -0.465 e. The minimum atomic E-state index is -1.17. The van der Waals surface area contributed by atoms with Crippen LogP contribution in [0.15, 0.2) is 10.3 Å². The van der Waals surface area contributed by atoms with Gasteiger partial charge in [-0.3, -0.25) is 9.59 Å². The maximum absolute atomic E-state index is 11.4. The largest absolute Gasteiger partial charge is 0.465 e. The number of carbonyl (C=O) groups is 2. The summed E-state index contributed by atoms with van der Waals surface area (Å²) in [6.45, 7) is 3.98. The van der Waals surface area contributed by atoms with E-state index in [1.807, 2.05) is 0 Å². The summed E-state index contributed by atoms with van der Waals surface area (Å²) in [5.74, 6) is 11.4. The number of aliphatic hydroxyl groups excluding tert-OH is 1. The number of nitrogens with two attached hydrogens (primary N) is 2. The zero-order chi connectivity index (χ0) is 21.4. The first-order valence-corrected chi connectivity index (χ1v) is 10.5. The molecule has 1 unspecified atom stereocenters. The van der Waals surface area contributed by atoms with E-state index in [2.05, 4.69) is 20.4 Å². The molecule has 0 aliphatic rings. The molecule has 0 radical (unpaired) electrons. The molecule has 15 heteroatoms. The molecular weight excluding hydrogens is 424 g/mol. The van der Waals surface area contributed by atoms with Crippen LogP contribution in [0.25, 0.3) is 0 Å². The summed E-state index contributed by atoms with van der Waals surface area (Å²) >= 11 is 2.10. The van der Waals surface area contributed by atoms with Gasteiger partial charge >= 0.3 is 11.9 Å². The number of esters is 2. The summed E-state index contributed by atoms with van der Waals surface area (Å²) in [4.78, 5) is 22.9. The van der Waals surface area contributed by atoms with Gasteiger partial charge in [0.15, 0.2) is 11.6 Å². The van der Waals surface area contributed by atoms with Gasteiger partial charge in [-0.25, -0.2) is 9.35 Å². The summed E-state index contributed by atoms with van der Waals surface area (Å²) in [5, 5.41) is 26.5. The van der Waals surface area contributed by atoms with Crippen molar-refractivity contribution in [1.82, 2.24) is 29.7 Å². The fraction of sp³-hybridized carbons (Fsp3) is 0.571. The third-order valence-corrected chi connectivity index (χ3v) is 5.18. The molecule has 0 amide bonds. The first-order valence-electron chi connectivity index (χ1n) is 8.51. The standard InChI is InChI=1S/C14H22N8O5S2/c1-3-26-10(24)6-28-13-19-17-9(21(13)15)5-8(23)12-18-20-14(22(12)16)29-7-11(25)27-4-2/h8,23H,3-7,15-16H2,1-2H3. The highest BCUT2D eigenvalue weighted by Crippen LogP contribution is 2.21. The lowest BCUT2D eigenvalue weighted by molar-refractivity contribution is -0.140. The molecule has 0 spiro atoms. The van der Waals surface area contributed by atoms with Gasteiger partial charge in [0.05, 0.1) is 24.7 Å². The van der Waals surface area contributed by atoms with Crippen LogP contribution in [0.4, 0.5) is 0 Å². The Balaban J connectivity index is 1.97. The van der Waals surface area contributed by atoms with Gasteiger partial charge in [-0.15, -0.1) is 20.4 Å². The summed E-state index contributed by atoms with van der Waals surface area (Å²) < 4.78 is 11.9. The maximum Gasteiger partial charge on any atom is 0.316 e. The molecule has 5 N–H and O–H groups in total. The predicted molar refractivity (Wildman–Crippen MR) is 104 cm³/mol. The number of aliphatic hydroxyl groups is 1. The number of hydrogen-bond donors (Lipinski definition) is 3. The fourth-order valence-corrected chi connectivity index (χ4v) is 3.41. The topological polar surface area (TPSA) is 186 Å². The molecule has 29 heavy (non-hydrogen) atoms. The number of rotatable bonds is 11. The third kappa shape index (κ3) is 6.23. The van der Waals surface area contributed by atoms with Crippen molar-refractivity contribution in [1.29, 1.82) is 0 Å². The van der Waals surface area contributed by atoms with E-state index in [1.165, 1.54) is 4.68 Å². The lowest BCUT2D eigenvalue weighted by Crippen LogP contribution is -2.21. The minimum absolute atomic E-state index is 0.0114. The molecular formula is C14H22N8O5S2. The molecule has 0 fully saturated rings.